The fourth-order valence-corrected chi connectivity index (χ4v) is 1.09. The van der Waals surface area contributed by atoms with E-state index >= 15 is 0 Å². The van der Waals surface area contributed by atoms with Crippen molar-refractivity contribution in [3.8, 4) is 5.75 Å². The van der Waals surface area contributed by atoms with Crippen molar-refractivity contribution < 1.29 is 19.4 Å². The number of carbonyl (C=O) groups excluding carboxylic acids is 2. The topological polar surface area (TPSA) is 63.6 Å². The van der Waals surface area contributed by atoms with Gasteiger partial charge in [0.05, 0.1) is 7.11 Å². The second-order valence-corrected chi connectivity index (χ2v) is 3.18. The molecule has 0 aliphatic carbocycles. The molecule has 80 valence electrons. The summed E-state index contributed by atoms with van der Waals surface area (Å²) < 4.78 is 4.37. The van der Waals surface area contributed by atoms with Crippen molar-refractivity contribution in [1.29, 1.82) is 0 Å². The zero-order valence-corrected chi connectivity index (χ0v) is 8.61. The number of phenolic OH excluding ortho intramolecular Hbond substituents is 1. The number of Topliss-reactive ketones (excluding diaryl/α,β-unsaturated/α-hetero) is 1. The third-order valence-electron chi connectivity index (χ3n) is 2.06. The third-order valence-corrected chi connectivity index (χ3v) is 2.06. The number of aryl methyl sites for hydroxylation is 1. The number of benzene rings is 1. The number of hydrogen-bond acceptors (Lipinski definition) is 4. The van der Waals surface area contributed by atoms with Crippen molar-refractivity contribution in [3.05, 3.63) is 29.3 Å². The summed E-state index contributed by atoms with van der Waals surface area (Å²) in [5.74, 6) is -0.900. The number of hydrogen-bond donors (Lipinski definition) is 1. The molecule has 4 heteroatoms. The first-order chi connectivity index (χ1) is 7.04. The molecule has 0 heterocycles. The normalized spacial score (nSPS) is 9.73. The molecule has 0 aliphatic heterocycles. The molecule has 4 nitrogen and oxygen atoms in total. The van der Waals surface area contributed by atoms with Gasteiger partial charge in [-0.25, -0.2) is 0 Å². The van der Waals surface area contributed by atoms with Gasteiger partial charge in [-0.1, -0.05) is 12.1 Å². The zero-order valence-electron chi connectivity index (χ0n) is 8.61. The van der Waals surface area contributed by atoms with Crippen molar-refractivity contribution in [3.63, 3.8) is 0 Å². The molecule has 1 aromatic rings. The second-order valence-electron chi connectivity index (χ2n) is 3.18. The highest BCUT2D eigenvalue weighted by atomic mass is 16.5. The van der Waals surface area contributed by atoms with Crippen LogP contribution in [0.3, 0.4) is 0 Å². The Balaban J connectivity index is 2.83. The number of aromatic hydroxyl groups is 1. The van der Waals surface area contributed by atoms with Crippen molar-refractivity contribution in [2.45, 2.75) is 13.3 Å². The molecule has 0 fully saturated rings. The summed E-state index contributed by atoms with van der Waals surface area (Å²) in [5, 5.41) is 9.37. The van der Waals surface area contributed by atoms with E-state index < -0.39 is 5.97 Å². The highest BCUT2D eigenvalue weighted by Crippen LogP contribution is 2.18. The van der Waals surface area contributed by atoms with Gasteiger partial charge in [0.2, 0.25) is 0 Å². The number of methoxy groups -OCH3 is 1. The van der Waals surface area contributed by atoms with E-state index in [1.54, 1.807) is 19.1 Å². The lowest BCUT2D eigenvalue weighted by Crippen LogP contribution is -2.09. The molecular formula is C11H12O4. The SMILES string of the molecule is COC(=O)CC(=O)c1ccc(C)c(O)c1. The highest BCUT2D eigenvalue weighted by Gasteiger charge is 2.12. The zero-order chi connectivity index (χ0) is 11.4. The molecule has 0 saturated carbocycles. The van der Waals surface area contributed by atoms with Gasteiger partial charge in [0, 0.05) is 5.56 Å². The van der Waals surface area contributed by atoms with Crippen molar-refractivity contribution in [2.75, 3.05) is 7.11 Å². The summed E-state index contributed by atoms with van der Waals surface area (Å²) in [7, 11) is 1.22. The van der Waals surface area contributed by atoms with Crippen molar-refractivity contribution >= 4 is 11.8 Å². The van der Waals surface area contributed by atoms with E-state index in [0.29, 0.717) is 11.1 Å². The van der Waals surface area contributed by atoms with Crippen molar-refractivity contribution in [2.24, 2.45) is 0 Å². The molecule has 0 aliphatic rings. The lowest BCUT2D eigenvalue weighted by atomic mass is 10.1. The average Bonchev–Trinajstić information content (AvgIpc) is 2.21. The van der Waals surface area contributed by atoms with Crippen LogP contribution in [0.25, 0.3) is 0 Å². The first-order valence-corrected chi connectivity index (χ1v) is 4.44. The number of rotatable bonds is 3. The molecule has 0 atom stereocenters. The van der Waals surface area contributed by atoms with Crippen LogP contribution in [0.4, 0.5) is 0 Å². The lowest BCUT2D eigenvalue weighted by Gasteiger charge is -2.02. The van der Waals surface area contributed by atoms with E-state index in [9.17, 15) is 14.7 Å². The van der Waals surface area contributed by atoms with Crippen LogP contribution in [-0.4, -0.2) is 24.0 Å². The second kappa shape index (κ2) is 4.59. The van der Waals surface area contributed by atoms with Crippen LogP contribution >= 0.6 is 0 Å². The van der Waals surface area contributed by atoms with Crippen molar-refractivity contribution in [1.82, 2.24) is 0 Å². The minimum atomic E-state index is -0.583. The van der Waals surface area contributed by atoms with Crippen LogP contribution in [0.2, 0.25) is 0 Å². The Hall–Kier alpha value is -1.84. The van der Waals surface area contributed by atoms with Gasteiger partial charge in [-0.05, 0) is 18.6 Å². The molecule has 1 aromatic carbocycles. The Morgan fingerprint density at radius 2 is 2.07 bits per heavy atom. The van der Waals surface area contributed by atoms with Gasteiger partial charge in [-0.15, -0.1) is 0 Å². The molecule has 0 saturated heterocycles. The fourth-order valence-electron chi connectivity index (χ4n) is 1.09. The van der Waals surface area contributed by atoms with E-state index in [1.165, 1.54) is 13.2 Å². The minimum Gasteiger partial charge on any atom is -0.508 e. The molecule has 0 bridgehead atoms. The predicted molar refractivity (Wildman–Crippen MR) is 53.8 cm³/mol. The van der Waals surface area contributed by atoms with Gasteiger partial charge in [0.15, 0.2) is 5.78 Å². The maximum atomic E-state index is 11.5. The quantitative estimate of drug-likeness (QED) is 0.464. The number of ether oxygens (including phenoxy) is 1. The largest absolute Gasteiger partial charge is 0.508 e. The Kier molecular flexibility index (Phi) is 3.44. The lowest BCUT2D eigenvalue weighted by molar-refractivity contribution is -0.139. The molecule has 0 spiro atoms. The van der Waals surface area contributed by atoms with E-state index in [1.807, 2.05) is 0 Å². The van der Waals surface area contributed by atoms with E-state index in [2.05, 4.69) is 4.74 Å². The molecule has 0 unspecified atom stereocenters. The first-order valence-electron chi connectivity index (χ1n) is 4.44. The van der Waals surface area contributed by atoms with Gasteiger partial charge in [-0.2, -0.15) is 0 Å². The molecule has 15 heavy (non-hydrogen) atoms. The monoisotopic (exact) mass is 208 g/mol. The smallest absolute Gasteiger partial charge is 0.313 e. The molecule has 0 radical (unpaired) electrons. The maximum absolute atomic E-state index is 11.5. The highest BCUT2D eigenvalue weighted by molar-refractivity contribution is 6.06. The number of carbonyl (C=O) groups is 2. The van der Waals surface area contributed by atoms with Crippen LogP contribution in [0, 0.1) is 6.92 Å². The predicted octanol–water partition coefficient (Wildman–Crippen LogP) is 1.45. The standard InChI is InChI=1S/C11H12O4/c1-7-3-4-8(5-9(7)12)10(13)6-11(14)15-2/h3-5,12H,6H2,1-2H3. The van der Waals surface area contributed by atoms with Crippen LogP contribution in [0.5, 0.6) is 5.75 Å². The molecule has 0 amide bonds. The van der Waals surface area contributed by atoms with Crippen LogP contribution in [-0.2, 0) is 9.53 Å². The summed E-state index contributed by atoms with van der Waals surface area (Å²) in [4.78, 5) is 22.3. The van der Waals surface area contributed by atoms with E-state index in [0.717, 1.165) is 0 Å². The summed E-state index contributed by atoms with van der Waals surface area (Å²) in [6.07, 6.45) is -0.307. The van der Waals surface area contributed by atoms with E-state index in [4.69, 9.17) is 0 Å². The summed E-state index contributed by atoms with van der Waals surface area (Å²) >= 11 is 0. The minimum absolute atomic E-state index is 0.0470. The van der Waals surface area contributed by atoms with Crippen LogP contribution in [0.1, 0.15) is 22.3 Å². The molecular weight excluding hydrogens is 196 g/mol. The number of ketones is 1. The first kappa shape index (κ1) is 11.2. The molecule has 1 N–H and O–H groups in total. The Morgan fingerprint density at radius 3 is 2.60 bits per heavy atom. The number of esters is 1. The summed E-state index contributed by atoms with van der Waals surface area (Å²) in [6.45, 7) is 1.73. The summed E-state index contributed by atoms with van der Waals surface area (Å²) in [6, 6.07) is 4.54. The average molecular weight is 208 g/mol. The van der Waals surface area contributed by atoms with Gasteiger partial charge in [0.1, 0.15) is 12.2 Å². The van der Waals surface area contributed by atoms with Crippen LogP contribution < -0.4 is 0 Å². The van der Waals surface area contributed by atoms with Crippen LogP contribution in [0.15, 0.2) is 18.2 Å². The Labute approximate surface area is 87.5 Å². The van der Waals surface area contributed by atoms with E-state index in [-0.39, 0.29) is 18.0 Å². The Morgan fingerprint density at radius 1 is 1.40 bits per heavy atom. The van der Waals surface area contributed by atoms with Gasteiger partial charge < -0.3 is 9.84 Å². The molecule has 0 aromatic heterocycles. The third kappa shape index (κ3) is 2.80. The number of phenols is 1. The molecule has 1 rings (SSSR count). The Bertz CT molecular complexity index is 396. The fraction of sp³-hybridized carbons (Fsp3) is 0.273. The summed E-state index contributed by atoms with van der Waals surface area (Å²) in [5.41, 5.74) is 0.994. The maximum Gasteiger partial charge on any atom is 0.313 e. The van der Waals surface area contributed by atoms with Gasteiger partial charge in [-0.3, -0.25) is 9.59 Å². The van der Waals surface area contributed by atoms with Gasteiger partial charge in [0.25, 0.3) is 0 Å². The van der Waals surface area contributed by atoms with Gasteiger partial charge >= 0.3 is 5.97 Å².